The molecule has 2 heterocycles. The number of hydrogen-bond acceptors (Lipinski definition) is 9. The highest BCUT2D eigenvalue weighted by Crippen LogP contribution is 2.43. The van der Waals surface area contributed by atoms with Crippen LogP contribution in [-0.4, -0.2) is 98.8 Å². The van der Waals surface area contributed by atoms with Gasteiger partial charge in [-0.3, -0.25) is 9.59 Å². The van der Waals surface area contributed by atoms with Crippen molar-refractivity contribution >= 4 is 62.2 Å². The Morgan fingerprint density at radius 1 is 1.17 bits per heavy atom. The summed E-state index contributed by atoms with van der Waals surface area (Å²) in [7, 11) is -1.57. The topological polar surface area (TPSA) is 138 Å². The Morgan fingerprint density at radius 2 is 1.96 bits per heavy atom. The number of nitrogens with zero attached hydrogens (tertiary/aromatic N) is 3. The number of carbonyl (C=O) groups is 2. The van der Waals surface area contributed by atoms with Gasteiger partial charge in [-0.2, -0.15) is 8.42 Å². The molecule has 1 fully saturated rings. The number of nitrogens with one attached hydrogen (secondary N) is 1. The molecule has 54 heavy (non-hydrogen) atoms. The SMILES string of the molecule is CN1CC/C=C/[C@H](OCCOCC(F)F)[C@@H]2CC[C@H]2CN2CCCCc3cc(Cl)ccc3COc3ccc(cc32)[C@@](O)(C(=O)NS(=O)(=O)N(C)I)CC1=O. The van der Waals surface area contributed by atoms with Crippen LogP contribution in [0.25, 0.3) is 0 Å². The molecule has 0 saturated heterocycles. The molecular weight excluding hydrogens is 861 g/mol. The largest absolute Gasteiger partial charge is 0.487 e. The molecule has 2 N–H and O–H groups in total. The fourth-order valence-electron chi connectivity index (χ4n) is 7.02. The molecule has 12 nitrogen and oxygen atoms in total. The smallest absolute Gasteiger partial charge is 0.312 e. The molecule has 1 saturated carbocycles. The van der Waals surface area contributed by atoms with E-state index >= 15 is 0 Å². The molecule has 0 aromatic heterocycles. The predicted molar refractivity (Wildman–Crippen MR) is 209 cm³/mol. The second-order valence-corrected chi connectivity index (χ2v) is 18.2. The fourth-order valence-corrected chi connectivity index (χ4v) is 8.04. The molecule has 0 radical (unpaired) electrons. The Labute approximate surface area is 334 Å². The van der Waals surface area contributed by atoms with Crippen LogP contribution in [0.3, 0.4) is 0 Å². The van der Waals surface area contributed by atoms with Crippen LogP contribution in [0.2, 0.25) is 5.02 Å². The van der Waals surface area contributed by atoms with E-state index in [9.17, 15) is 31.9 Å². The molecule has 2 bridgehead atoms. The minimum absolute atomic E-state index is 0.0302. The first-order chi connectivity index (χ1) is 25.7. The summed E-state index contributed by atoms with van der Waals surface area (Å²) >= 11 is 7.86. The van der Waals surface area contributed by atoms with Gasteiger partial charge in [-0.05, 0) is 91.3 Å². The zero-order valence-corrected chi connectivity index (χ0v) is 34.1. The molecule has 2 aliphatic heterocycles. The third kappa shape index (κ3) is 10.8. The van der Waals surface area contributed by atoms with Crippen molar-refractivity contribution in [3.05, 3.63) is 70.3 Å². The monoisotopic (exact) mass is 908 g/mol. The molecule has 298 valence electrons. The number of ether oxygens (including phenoxy) is 3. The highest BCUT2D eigenvalue weighted by atomic mass is 127. The Morgan fingerprint density at radius 3 is 2.69 bits per heavy atom. The molecular formula is C37H48ClF2IN4O8S. The predicted octanol–water partition coefficient (Wildman–Crippen LogP) is 5.39. The lowest BCUT2D eigenvalue weighted by molar-refractivity contribution is -0.148. The number of rotatable bonds is 9. The zero-order chi connectivity index (χ0) is 39.0. The summed E-state index contributed by atoms with van der Waals surface area (Å²) in [5.74, 6) is -1.12. The van der Waals surface area contributed by atoms with E-state index in [1.807, 2.05) is 35.1 Å². The van der Waals surface area contributed by atoms with Gasteiger partial charge in [0.1, 0.15) is 19.0 Å². The molecule has 2 amide bonds. The van der Waals surface area contributed by atoms with Gasteiger partial charge in [0, 0.05) is 61.6 Å². The van der Waals surface area contributed by atoms with Gasteiger partial charge in [0.2, 0.25) is 5.91 Å². The normalized spacial score (nSPS) is 24.8. The minimum Gasteiger partial charge on any atom is -0.487 e. The zero-order valence-electron chi connectivity index (χ0n) is 30.4. The maximum atomic E-state index is 13.9. The van der Waals surface area contributed by atoms with E-state index in [1.54, 1.807) is 19.2 Å². The van der Waals surface area contributed by atoms with Crippen molar-refractivity contribution in [2.75, 3.05) is 58.5 Å². The number of fused-ring (bicyclic) bond motifs is 3. The number of carbonyl (C=O) groups excluding carboxylic acids is 2. The highest BCUT2D eigenvalue weighted by Gasteiger charge is 2.44. The summed E-state index contributed by atoms with van der Waals surface area (Å²) < 4.78 is 71.4. The Kier molecular flexibility index (Phi) is 15.0. The van der Waals surface area contributed by atoms with E-state index in [-0.39, 0.29) is 49.9 Å². The van der Waals surface area contributed by atoms with Gasteiger partial charge in [0.25, 0.3) is 12.3 Å². The number of alkyl halides is 2. The molecule has 1 aliphatic carbocycles. The summed E-state index contributed by atoms with van der Waals surface area (Å²) in [4.78, 5) is 31.1. The summed E-state index contributed by atoms with van der Waals surface area (Å²) in [6.07, 6.45) is 4.86. The van der Waals surface area contributed by atoms with Crippen molar-refractivity contribution in [1.82, 2.24) is 12.1 Å². The van der Waals surface area contributed by atoms with E-state index in [0.717, 1.165) is 45.7 Å². The van der Waals surface area contributed by atoms with E-state index in [0.29, 0.717) is 36.0 Å². The van der Waals surface area contributed by atoms with Crippen LogP contribution < -0.4 is 14.4 Å². The van der Waals surface area contributed by atoms with Gasteiger partial charge < -0.3 is 29.1 Å². The van der Waals surface area contributed by atoms with Gasteiger partial charge in [-0.25, -0.2) is 13.5 Å². The van der Waals surface area contributed by atoms with Crippen molar-refractivity contribution in [3.63, 3.8) is 0 Å². The maximum absolute atomic E-state index is 13.9. The van der Waals surface area contributed by atoms with Crippen LogP contribution in [0.4, 0.5) is 14.5 Å². The lowest BCUT2D eigenvalue weighted by Crippen LogP contribution is -2.51. The fraction of sp³-hybridized carbons (Fsp3) is 0.568. The maximum Gasteiger partial charge on any atom is 0.312 e. The quantitative estimate of drug-likeness (QED) is 0.147. The number of aryl methyl sites for hydroxylation is 1. The standard InChI is InChI=1S/C37H48ClF2IN4O8S/c1-43-15-5-4-8-32(52-18-17-51-24-34(39)40)30-13-10-26(30)22-45-16-6-3-7-25-19-29(38)12-9-27(25)23-53-33-14-11-28(20-31(33)45)37(48,21-35(43)46)36(47)42-54(49,50)44(2)41/h4,8-9,11-12,14,19-20,26,30,32,34,48H,3,5-7,10,13,15-18,21-24H2,1-2H3,(H,42,47)/b8-4+/t26-,30+,32-,37+/m0/s1. The average molecular weight is 909 g/mol. The number of benzene rings is 2. The number of hydrogen-bond donors (Lipinski definition) is 2. The second-order valence-electron chi connectivity index (χ2n) is 14.0. The minimum atomic E-state index is -4.34. The third-order valence-electron chi connectivity index (χ3n) is 10.3. The highest BCUT2D eigenvalue weighted by molar-refractivity contribution is 14.1. The first-order valence-electron chi connectivity index (χ1n) is 18.0. The van der Waals surface area contributed by atoms with Crippen LogP contribution in [0, 0.1) is 11.8 Å². The molecule has 3 aliphatic rings. The first kappa shape index (κ1) is 42.5. The third-order valence-corrected chi connectivity index (χ3v) is 13.2. The van der Waals surface area contributed by atoms with Crippen molar-refractivity contribution in [2.24, 2.45) is 11.8 Å². The van der Waals surface area contributed by atoms with Gasteiger partial charge in [-0.1, -0.05) is 35.9 Å². The lowest BCUT2D eigenvalue weighted by atomic mass is 9.70. The van der Waals surface area contributed by atoms with Crippen molar-refractivity contribution in [3.8, 4) is 5.75 Å². The van der Waals surface area contributed by atoms with Crippen LogP contribution in [0.5, 0.6) is 5.75 Å². The van der Waals surface area contributed by atoms with Gasteiger partial charge in [-0.15, -0.1) is 2.52 Å². The van der Waals surface area contributed by atoms with Crippen molar-refractivity contribution in [1.29, 1.82) is 0 Å². The summed E-state index contributed by atoms with van der Waals surface area (Å²) in [5.41, 5.74) is 0.0940. The van der Waals surface area contributed by atoms with Crippen LogP contribution >= 0.6 is 34.5 Å². The molecule has 2 aromatic rings. The first-order valence-corrected chi connectivity index (χ1v) is 20.8. The molecule has 2 aromatic carbocycles. The van der Waals surface area contributed by atoms with Gasteiger partial charge in [0.05, 0.1) is 31.4 Å². The number of anilines is 1. The second kappa shape index (κ2) is 19.0. The number of halogens is 4. The van der Waals surface area contributed by atoms with Crippen LogP contribution in [-0.2, 0) is 47.9 Å². The molecule has 4 atom stereocenters. The van der Waals surface area contributed by atoms with Gasteiger partial charge >= 0.3 is 10.2 Å². The Balaban J connectivity index is 1.56. The Hall–Kier alpha value is -2.61. The van der Waals surface area contributed by atoms with E-state index in [2.05, 4.69) is 4.90 Å². The molecule has 0 spiro atoms. The summed E-state index contributed by atoms with van der Waals surface area (Å²) in [5, 5.41) is 12.9. The number of aliphatic hydroxyl groups is 1. The molecule has 5 rings (SSSR count). The Bertz CT molecular complexity index is 1770. The summed E-state index contributed by atoms with van der Waals surface area (Å²) in [6, 6.07) is 10.5. The average Bonchev–Trinajstić information content (AvgIpc) is 3.13. The lowest BCUT2D eigenvalue weighted by Gasteiger charge is -2.44. The van der Waals surface area contributed by atoms with Crippen molar-refractivity contribution in [2.45, 2.75) is 69.7 Å². The van der Waals surface area contributed by atoms with E-state index in [4.69, 9.17) is 25.8 Å². The van der Waals surface area contributed by atoms with Crippen LogP contribution in [0.15, 0.2) is 48.6 Å². The van der Waals surface area contributed by atoms with Gasteiger partial charge in [0.15, 0.2) is 5.60 Å². The van der Waals surface area contributed by atoms with Crippen molar-refractivity contribution < 1.29 is 46.1 Å². The summed E-state index contributed by atoms with van der Waals surface area (Å²) in [6.45, 7) is 1.12. The molecule has 17 heteroatoms. The van der Waals surface area contributed by atoms with Crippen LogP contribution in [0.1, 0.15) is 55.2 Å². The molecule has 0 unspecified atom stereocenters. The number of amides is 2. The van der Waals surface area contributed by atoms with E-state index in [1.165, 1.54) is 40.9 Å². The van der Waals surface area contributed by atoms with E-state index < -0.39 is 47.1 Å².